The van der Waals surface area contributed by atoms with Gasteiger partial charge >= 0.3 is 0 Å². The Balaban J connectivity index is 2.89. The van der Waals surface area contributed by atoms with E-state index in [0.717, 1.165) is 0 Å². The summed E-state index contributed by atoms with van der Waals surface area (Å²) in [5, 5.41) is 0. The molecule has 0 aromatic heterocycles. The van der Waals surface area contributed by atoms with E-state index >= 15 is 0 Å². The van der Waals surface area contributed by atoms with Crippen LogP contribution in [-0.4, -0.2) is 31.0 Å². The van der Waals surface area contributed by atoms with Gasteiger partial charge in [0.05, 0.1) is 12.0 Å². The number of likely N-dealkylation sites (tertiary alicyclic amines) is 1. The van der Waals surface area contributed by atoms with Crippen molar-refractivity contribution in [1.29, 1.82) is 0 Å². The highest BCUT2D eigenvalue weighted by atomic mass is 19.3. The fourth-order valence-electron chi connectivity index (χ4n) is 1.79. The Morgan fingerprint density at radius 3 is 2.25 bits per heavy atom. The van der Waals surface area contributed by atoms with Crippen LogP contribution in [0.25, 0.3) is 0 Å². The number of hydrogen-bond donors (Lipinski definition) is 0. The van der Waals surface area contributed by atoms with E-state index in [-0.39, 0.29) is 6.54 Å². The van der Waals surface area contributed by atoms with Crippen molar-refractivity contribution in [3.05, 3.63) is 12.2 Å². The number of rotatable bonds is 1. The number of halogens is 2. The lowest BCUT2D eigenvalue weighted by atomic mass is 9.86. The summed E-state index contributed by atoms with van der Waals surface area (Å²) in [5.41, 5.74) is -0.976. The highest BCUT2D eigenvalue weighted by Crippen LogP contribution is 2.43. The molecule has 0 radical (unpaired) electrons. The lowest BCUT2D eigenvalue weighted by Crippen LogP contribution is -2.35. The molecule has 1 aliphatic rings. The Bertz CT molecular complexity index is 201. The summed E-state index contributed by atoms with van der Waals surface area (Å²) < 4.78 is 26.7. The molecule has 1 aliphatic heterocycles. The van der Waals surface area contributed by atoms with Crippen LogP contribution >= 0.6 is 0 Å². The van der Waals surface area contributed by atoms with Gasteiger partial charge in [-0.15, -0.1) is 0 Å². The van der Waals surface area contributed by atoms with E-state index in [0.29, 0.717) is 6.54 Å². The van der Waals surface area contributed by atoms with E-state index < -0.39 is 11.3 Å². The minimum Gasteiger partial charge on any atom is -0.299 e. The van der Waals surface area contributed by atoms with Gasteiger partial charge in [0.15, 0.2) is 0 Å². The minimum absolute atomic E-state index is 0.131. The van der Waals surface area contributed by atoms with Crippen LogP contribution in [0.15, 0.2) is 12.2 Å². The first-order valence-electron chi connectivity index (χ1n) is 4.11. The summed E-state index contributed by atoms with van der Waals surface area (Å²) >= 11 is 0. The number of nitrogens with zero attached hydrogens (tertiary/aromatic N) is 1. The molecular weight excluding hydrogens is 160 g/mol. The van der Waals surface area contributed by atoms with E-state index in [1.807, 2.05) is 0 Å². The topological polar surface area (TPSA) is 3.24 Å². The first-order chi connectivity index (χ1) is 5.41. The fraction of sp³-hybridized carbons (Fsp3) is 0.778. The summed E-state index contributed by atoms with van der Waals surface area (Å²) in [7, 11) is 1.72. The van der Waals surface area contributed by atoms with Crippen LogP contribution in [0.5, 0.6) is 0 Å². The van der Waals surface area contributed by atoms with Gasteiger partial charge in [0.2, 0.25) is 0 Å². The van der Waals surface area contributed by atoms with Crippen molar-refractivity contribution in [2.45, 2.75) is 19.8 Å². The smallest absolute Gasteiger partial charge is 0.270 e. The molecule has 12 heavy (non-hydrogen) atoms. The van der Waals surface area contributed by atoms with Gasteiger partial charge in [-0.05, 0) is 20.9 Å². The lowest BCUT2D eigenvalue weighted by Gasteiger charge is -2.26. The molecular formula is C9H15F2N. The standard InChI is InChI=1S/C9H15F2N/c1-4-5-8(2)6-12(3)7-9(8,10)11/h4-5H,6-7H2,1-3H3/b5-4+. The summed E-state index contributed by atoms with van der Waals surface area (Å²) in [4.78, 5) is 1.67. The Morgan fingerprint density at radius 2 is 1.92 bits per heavy atom. The Morgan fingerprint density at radius 1 is 1.33 bits per heavy atom. The highest BCUT2D eigenvalue weighted by molar-refractivity contribution is 5.10. The molecule has 0 amide bonds. The van der Waals surface area contributed by atoms with Gasteiger partial charge in [-0.25, -0.2) is 8.78 Å². The predicted molar refractivity (Wildman–Crippen MR) is 45.4 cm³/mol. The van der Waals surface area contributed by atoms with Crippen LogP contribution in [0.2, 0.25) is 0 Å². The third kappa shape index (κ3) is 1.38. The van der Waals surface area contributed by atoms with Gasteiger partial charge in [0.25, 0.3) is 5.92 Å². The maximum atomic E-state index is 13.3. The zero-order valence-corrected chi connectivity index (χ0v) is 7.77. The molecule has 3 heteroatoms. The molecule has 1 nitrogen and oxygen atoms in total. The van der Waals surface area contributed by atoms with Crippen molar-refractivity contribution in [3.63, 3.8) is 0 Å². The first-order valence-corrected chi connectivity index (χ1v) is 4.11. The van der Waals surface area contributed by atoms with Crippen LogP contribution in [-0.2, 0) is 0 Å². The Hall–Kier alpha value is -0.440. The molecule has 0 bridgehead atoms. The van der Waals surface area contributed by atoms with E-state index in [9.17, 15) is 8.78 Å². The maximum absolute atomic E-state index is 13.3. The Kier molecular flexibility index (Phi) is 2.25. The van der Waals surface area contributed by atoms with Crippen molar-refractivity contribution in [3.8, 4) is 0 Å². The summed E-state index contributed by atoms with van der Waals surface area (Å²) in [6.07, 6.45) is 3.31. The summed E-state index contributed by atoms with van der Waals surface area (Å²) in [5.74, 6) is -2.59. The van der Waals surface area contributed by atoms with Crippen LogP contribution in [0, 0.1) is 5.41 Å². The normalized spacial score (nSPS) is 36.4. The average Bonchev–Trinajstić information content (AvgIpc) is 2.02. The molecule has 0 aromatic carbocycles. The van der Waals surface area contributed by atoms with E-state index in [4.69, 9.17) is 0 Å². The third-order valence-electron chi connectivity index (χ3n) is 2.44. The zero-order valence-electron chi connectivity index (χ0n) is 7.77. The molecule has 1 atom stereocenters. The zero-order chi connectivity index (χ0) is 9.41. The van der Waals surface area contributed by atoms with Gasteiger partial charge in [-0.3, -0.25) is 4.90 Å². The van der Waals surface area contributed by atoms with E-state index in [1.54, 1.807) is 37.9 Å². The molecule has 0 N–H and O–H groups in total. The van der Waals surface area contributed by atoms with Crippen molar-refractivity contribution in [1.82, 2.24) is 4.90 Å². The van der Waals surface area contributed by atoms with E-state index in [1.165, 1.54) is 0 Å². The number of allylic oxidation sites excluding steroid dienone is 1. The van der Waals surface area contributed by atoms with Crippen molar-refractivity contribution in [2.24, 2.45) is 5.41 Å². The molecule has 0 saturated carbocycles. The van der Waals surface area contributed by atoms with Crippen molar-refractivity contribution in [2.75, 3.05) is 20.1 Å². The predicted octanol–water partition coefficient (Wildman–Crippen LogP) is 2.15. The molecule has 0 aliphatic carbocycles. The lowest BCUT2D eigenvalue weighted by molar-refractivity contribution is -0.0527. The monoisotopic (exact) mass is 175 g/mol. The molecule has 1 unspecified atom stereocenters. The quantitative estimate of drug-likeness (QED) is 0.552. The second-order valence-electron chi connectivity index (χ2n) is 3.79. The second-order valence-corrected chi connectivity index (χ2v) is 3.79. The number of hydrogen-bond acceptors (Lipinski definition) is 1. The SMILES string of the molecule is C/C=C/C1(C)CN(C)CC1(F)F. The second kappa shape index (κ2) is 2.80. The Labute approximate surface area is 72.1 Å². The van der Waals surface area contributed by atoms with E-state index in [2.05, 4.69) is 0 Å². The average molecular weight is 175 g/mol. The third-order valence-corrected chi connectivity index (χ3v) is 2.44. The largest absolute Gasteiger partial charge is 0.299 e. The van der Waals surface area contributed by atoms with Gasteiger partial charge < -0.3 is 0 Å². The minimum atomic E-state index is -2.59. The molecule has 70 valence electrons. The highest BCUT2D eigenvalue weighted by Gasteiger charge is 2.54. The van der Waals surface area contributed by atoms with Crippen LogP contribution in [0.4, 0.5) is 8.78 Å². The molecule has 1 fully saturated rings. The number of alkyl halides is 2. The fourth-order valence-corrected chi connectivity index (χ4v) is 1.79. The van der Waals surface area contributed by atoms with Gasteiger partial charge in [0, 0.05) is 6.54 Å². The van der Waals surface area contributed by atoms with Gasteiger partial charge in [-0.2, -0.15) is 0 Å². The molecule has 1 rings (SSSR count). The van der Waals surface area contributed by atoms with Crippen LogP contribution < -0.4 is 0 Å². The summed E-state index contributed by atoms with van der Waals surface area (Å²) in [6, 6.07) is 0. The van der Waals surface area contributed by atoms with Gasteiger partial charge in [-0.1, -0.05) is 12.2 Å². The first kappa shape index (κ1) is 9.65. The molecule has 1 heterocycles. The van der Waals surface area contributed by atoms with Crippen LogP contribution in [0.3, 0.4) is 0 Å². The summed E-state index contributed by atoms with van der Waals surface area (Å²) in [6.45, 7) is 3.69. The van der Waals surface area contributed by atoms with Gasteiger partial charge in [0.1, 0.15) is 0 Å². The molecule has 1 saturated heterocycles. The maximum Gasteiger partial charge on any atom is 0.270 e. The molecule has 0 aromatic rings. The molecule has 0 spiro atoms. The van der Waals surface area contributed by atoms with Crippen LogP contribution in [0.1, 0.15) is 13.8 Å². The van der Waals surface area contributed by atoms with Crippen molar-refractivity contribution >= 4 is 0 Å². The van der Waals surface area contributed by atoms with Crippen molar-refractivity contribution < 1.29 is 8.78 Å².